The fourth-order valence-electron chi connectivity index (χ4n) is 2.48. The molecule has 0 saturated carbocycles. The zero-order valence-electron chi connectivity index (χ0n) is 13.2. The molecule has 2 heterocycles. The van der Waals surface area contributed by atoms with Crippen molar-refractivity contribution in [3.63, 3.8) is 0 Å². The fraction of sp³-hybridized carbons (Fsp3) is 0.429. The Morgan fingerprint density at radius 1 is 1.38 bits per heavy atom. The van der Waals surface area contributed by atoms with E-state index in [0.29, 0.717) is 11.2 Å². The van der Waals surface area contributed by atoms with Crippen molar-refractivity contribution in [1.29, 1.82) is 0 Å². The summed E-state index contributed by atoms with van der Waals surface area (Å²) in [4.78, 5) is 15.3. The van der Waals surface area contributed by atoms with Crippen LogP contribution in [0, 0.1) is 5.92 Å². The number of carbonyl (C=O) groups is 1. The van der Waals surface area contributed by atoms with Crippen LogP contribution < -0.4 is 14.2 Å². The zero-order chi connectivity index (χ0) is 19.1. The van der Waals surface area contributed by atoms with Crippen LogP contribution >= 0.6 is 11.3 Å². The highest BCUT2D eigenvalue weighted by atomic mass is 32.2. The molecule has 3 rings (SSSR count). The van der Waals surface area contributed by atoms with Gasteiger partial charge in [-0.25, -0.2) is 4.98 Å². The quantitative estimate of drug-likeness (QED) is 0.601. The second-order valence-electron chi connectivity index (χ2n) is 5.70. The van der Waals surface area contributed by atoms with E-state index in [4.69, 9.17) is 4.74 Å². The average Bonchev–Trinajstić information content (AvgIpc) is 3.14. The number of thiazole rings is 1. The summed E-state index contributed by atoms with van der Waals surface area (Å²) in [6.45, 7) is 2.14. The summed E-state index contributed by atoms with van der Waals surface area (Å²) in [5, 5.41) is 2.67. The molecule has 0 spiro atoms. The third kappa shape index (κ3) is 3.70. The molecule has 1 fully saturated rings. The predicted molar refractivity (Wildman–Crippen MR) is 86.4 cm³/mol. The third-order valence-corrected chi connectivity index (χ3v) is 5.68. The van der Waals surface area contributed by atoms with E-state index in [0.717, 1.165) is 12.1 Å². The number of hydrogen-bond acceptors (Lipinski definition) is 7. The number of hydrogen-bond donors (Lipinski definition) is 1. The third-order valence-electron chi connectivity index (χ3n) is 3.85. The summed E-state index contributed by atoms with van der Waals surface area (Å²) in [5.74, 6) is -0.636. The molecule has 7 nitrogen and oxygen atoms in total. The van der Waals surface area contributed by atoms with Gasteiger partial charge in [-0.3, -0.25) is 4.79 Å². The van der Waals surface area contributed by atoms with E-state index in [2.05, 4.69) is 14.5 Å². The number of fused-ring (bicyclic) bond motifs is 1. The lowest BCUT2D eigenvalue weighted by Crippen LogP contribution is -2.28. The number of nitrogens with one attached hydrogen (secondary N) is 1. The van der Waals surface area contributed by atoms with E-state index in [9.17, 15) is 26.4 Å². The molecular formula is C14H13F3N2O5S2. The molecule has 26 heavy (non-hydrogen) atoms. The van der Waals surface area contributed by atoms with E-state index in [1.807, 2.05) is 0 Å². The Hall–Kier alpha value is -2.08. The first-order valence-corrected chi connectivity index (χ1v) is 9.67. The van der Waals surface area contributed by atoms with Gasteiger partial charge in [-0.1, -0.05) is 0 Å². The molecule has 1 aliphatic heterocycles. The molecule has 1 aromatic carbocycles. The minimum atomic E-state index is -5.81. The number of halogens is 3. The largest absolute Gasteiger partial charge is 0.534 e. The summed E-state index contributed by atoms with van der Waals surface area (Å²) in [5.41, 5.74) is -3.85. The van der Waals surface area contributed by atoms with E-state index in [1.165, 1.54) is 16.8 Å². The molecule has 2 aromatic rings. The summed E-state index contributed by atoms with van der Waals surface area (Å²) in [6, 6.07) is 2.16. The highest BCUT2D eigenvalue weighted by molar-refractivity contribution is 7.88. The Morgan fingerprint density at radius 3 is 2.73 bits per heavy atom. The number of alkyl halides is 3. The van der Waals surface area contributed by atoms with Gasteiger partial charge in [-0.2, -0.15) is 21.6 Å². The lowest BCUT2D eigenvalue weighted by Gasteiger charge is -2.20. The van der Waals surface area contributed by atoms with Gasteiger partial charge in [0.2, 0.25) is 5.91 Å². The molecule has 1 saturated heterocycles. The maximum atomic E-state index is 12.5. The zero-order valence-corrected chi connectivity index (χ0v) is 14.9. The average molecular weight is 410 g/mol. The maximum Gasteiger partial charge on any atom is 0.534 e. The molecule has 0 bridgehead atoms. The van der Waals surface area contributed by atoms with E-state index in [1.54, 1.807) is 6.92 Å². The molecular weight excluding hydrogens is 397 g/mol. The number of carbonyl (C=O) groups excluding carboxylic acids is 1. The molecule has 2 atom stereocenters. The number of benzene rings is 1. The first-order chi connectivity index (χ1) is 12.1. The van der Waals surface area contributed by atoms with Crippen LogP contribution in [0.4, 0.5) is 13.2 Å². The molecule has 1 amide bonds. The van der Waals surface area contributed by atoms with Gasteiger partial charge in [0, 0.05) is 31.0 Å². The lowest BCUT2D eigenvalue weighted by atomic mass is 10.0. The summed E-state index contributed by atoms with van der Waals surface area (Å²) in [7, 11) is -5.81. The van der Waals surface area contributed by atoms with Crippen LogP contribution in [0.3, 0.4) is 0 Å². The Bertz CT molecular complexity index is 942. The minimum Gasteiger partial charge on any atom is -0.489 e. The van der Waals surface area contributed by atoms with Crippen LogP contribution in [0.25, 0.3) is 10.2 Å². The number of nitrogens with zero attached hydrogens (tertiary/aromatic N) is 1. The smallest absolute Gasteiger partial charge is 0.489 e. The van der Waals surface area contributed by atoms with Crippen LogP contribution in [0.1, 0.15) is 13.3 Å². The molecule has 0 radical (unpaired) electrons. The molecule has 0 unspecified atom stereocenters. The number of amides is 1. The number of aromatic nitrogens is 1. The molecule has 1 aliphatic rings. The van der Waals surface area contributed by atoms with Crippen LogP contribution in [0.15, 0.2) is 17.6 Å². The van der Waals surface area contributed by atoms with Gasteiger partial charge < -0.3 is 14.2 Å². The number of rotatable bonds is 5. The van der Waals surface area contributed by atoms with Crippen molar-refractivity contribution in [3.05, 3.63) is 17.6 Å². The van der Waals surface area contributed by atoms with Gasteiger partial charge in [0.25, 0.3) is 0 Å². The Balaban J connectivity index is 1.90. The van der Waals surface area contributed by atoms with Crippen LogP contribution in [-0.2, 0) is 14.9 Å². The SMILES string of the molecule is C[C@@H](Oc1cc(OS(=O)(=O)C(F)(F)F)cc2ncsc12)[C@H]1CNC(=O)C1. The highest BCUT2D eigenvalue weighted by Gasteiger charge is 2.48. The van der Waals surface area contributed by atoms with Gasteiger partial charge in [0.15, 0.2) is 0 Å². The van der Waals surface area contributed by atoms with Crippen LogP contribution in [0.5, 0.6) is 11.5 Å². The van der Waals surface area contributed by atoms with Crippen molar-refractivity contribution >= 4 is 37.6 Å². The van der Waals surface area contributed by atoms with Crippen LogP contribution in [-0.4, -0.2) is 37.5 Å². The van der Waals surface area contributed by atoms with Gasteiger partial charge >= 0.3 is 15.6 Å². The minimum absolute atomic E-state index is 0.109. The predicted octanol–water partition coefficient (Wildman–Crippen LogP) is 2.43. The van der Waals surface area contributed by atoms with Gasteiger partial charge in [-0.15, -0.1) is 11.3 Å². The van der Waals surface area contributed by atoms with E-state index < -0.39 is 27.5 Å². The Labute approximate surface area is 150 Å². The van der Waals surface area contributed by atoms with Crippen molar-refractivity contribution in [2.45, 2.75) is 25.0 Å². The lowest BCUT2D eigenvalue weighted by molar-refractivity contribution is -0.119. The monoisotopic (exact) mass is 410 g/mol. The standard InChI is InChI=1S/C14H13F3N2O5S2/c1-7(8-2-12(20)18-5-8)23-11-4-9(3-10-13(11)25-6-19-10)24-26(21,22)14(15,16)17/h3-4,6-8H,2,5H2,1H3,(H,18,20)/t7-,8-/m1/s1. The normalized spacial score (nSPS) is 19.4. The maximum absolute atomic E-state index is 12.5. The molecule has 142 valence electrons. The van der Waals surface area contributed by atoms with Gasteiger partial charge in [0.05, 0.1) is 15.7 Å². The van der Waals surface area contributed by atoms with Crippen molar-refractivity contribution in [1.82, 2.24) is 10.3 Å². The van der Waals surface area contributed by atoms with Crippen LogP contribution in [0.2, 0.25) is 0 Å². The van der Waals surface area contributed by atoms with E-state index in [-0.39, 0.29) is 29.5 Å². The van der Waals surface area contributed by atoms with Crippen molar-refractivity contribution in [2.24, 2.45) is 5.92 Å². The Kier molecular flexibility index (Phi) is 4.73. The fourth-order valence-corrected chi connectivity index (χ4v) is 3.65. The van der Waals surface area contributed by atoms with Crippen molar-refractivity contribution in [3.8, 4) is 11.5 Å². The second-order valence-corrected chi connectivity index (χ2v) is 8.09. The van der Waals surface area contributed by atoms with Crippen molar-refractivity contribution < 1.29 is 35.3 Å². The summed E-state index contributed by atoms with van der Waals surface area (Å²) >= 11 is 1.19. The molecule has 1 N–H and O–H groups in total. The second kappa shape index (κ2) is 6.58. The molecule has 12 heteroatoms. The van der Waals surface area contributed by atoms with Gasteiger partial charge in [0.1, 0.15) is 17.6 Å². The van der Waals surface area contributed by atoms with Gasteiger partial charge in [-0.05, 0) is 6.92 Å². The summed E-state index contributed by atoms with van der Waals surface area (Å²) < 4.78 is 70.5. The number of ether oxygens (including phenoxy) is 1. The van der Waals surface area contributed by atoms with E-state index >= 15 is 0 Å². The topological polar surface area (TPSA) is 94.6 Å². The first-order valence-electron chi connectivity index (χ1n) is 7.38. The first kappa shape index (κ1) is 18.7. The Morgan fingerprint density at radius 2 is 2.12 bits per heavy atom. The molecule has 0 aliphatic carbocycles. The summed E-state index contributed by atoms with van der Waals surface area (Å²) in [6.07, 6.45) is -0.167. The van der Waals surface area contributed by atoms with Crippen molar-refractivity contribution in [2.75, 3.05) is 6.54 Å². The molecule has 1 aromatic heterocycles. The highest BCUT2D eigenvalue weighted by Crippen LogP contribution is 2.37.